The summed E-state index contributed by atoms with van der Waals surface area (Å²) in [6.45, 7) is 1.58. The van der Waals surface area contributed by atoms with Crippen molar-refractivity contribution < 1.29 is 13.5 Å². The van der Waals surface area contributed by atoms with Crippen LogP contribution in [0.1, 0.15) is 18.4 Å². The Morgan fingerprint density at radius 3 is 2.73 bits per heavy atom. The number of nitrogens with zero attached hydrogens (tertiary/aromatic N) is 4. The third kappa shape index (κ3) is 4.29. The molecule has 0 radical (unpaired) electrons. The van der Waals surface area contributed by atoms with E-state index in [1.54, 1.807) is 18.2 Å². The van der Waals surface area contributed by atoms with Crippen molar-refractivity contribution in [1.82, 2.24) is 9.97 Å². The standard InChI is InChI=1S/C17H18F2N6O/c18-16(19)14-9-12(3-4-15(14)25-7-2-8-25)23-10-13(24-20)11-26-17-21-5-1-6-22-17/h1,3-6,9-10,16,20,23H,2,7-8,11H2/b13-10-,24-20?. The Labute approximate surface area is 149 Å². The number of aromatic nitrogens is 2. The van der Waals surface area contributed by atoms with Crippen molar-refractivity contribution in [2.75, 3.05) is 29.9 Å². The quantitative estimate of drug-likeness (QED) is 0.695. The number of halogens is 2. The van der Waals surface area contributed by atoms with Crippen LogP contribution in [0.5, 0.6) is 6.01 Å². The lowest BCUT2D eigenvalue weighted by atomic mass is 10.1. The minimum absolute atomic E-state index is 0.0126. The van der Waals surface area contributed by atoms with Crippen LogP contribution < -0.4 is 15.0 Å². The van der Waals surface area contributed by atoms with Gasteiger partial charge in [-0.25, -0.2) is 24.3 Å². The van der Waals surface area contributed by atoms with E-state index in [0.29, 0.717) is 11.4 Å². The molecule has 2 aromatic rings. The van der Waals surface area contributed by atoms with Gasteiger partial charge in [0, 0.05) is 48.6 Å². The van der Waals surface area contributed by atoms with Crippen molar-refractivity contribution in [3.63, 3.8) is 0 Å². The summed E-state index contributed by atoms with van der Waals surface area (Å²) in [5.74, 6) is 0. The molecule has 26 heavy (non-hydrogen) atoms. The molecule has 9 heteroatoms. The second-order valence-electron chi connectivity index (χ2n) is 5.63. The van der Waals surface area contributed by atoms with Crippen LogP contribution in [0.2, 0.25) is 0 Å². The van der Waals surface area contributed by atoms with E-state index >= 15 is 0 Å². The molecule has 2 heterocycles. The molecule has 0 spiro atoms. The maximum atomic E-state index is 13.3. The van der Waals surface area contributed by atoms with Gasteiger partial charge in [-0.2, -0.15) is 5.11 Å². The van der Waals surface area contributed by atoms with Crippen LogP contribution in [-0.2, 0) is 0 Å². The van der Waals surface area contributed by atoms with Crippen molar-refractivity contribution in [2.24, 2.45) is 5.11 Å². The number of benzene rings is 1. The first kappa shape index (κ1) is 17.7. The number of hydrogen-bond donors (Lipinski definition) is 2. The fourth-order valence-electron chi connectivity index (χ4n) is 2.44. The van der Waals surface area contributed by atoms with Crippen molar-refractivity contribution in [2.45, 2.75) is 12.8 Å². The van der Waals surface area contributed by atoms with E-state index in [4.69, 9.17) is 10.3 Å². The van der Waals surface area contributed by atoms with Gasteiger partial charge in [0.2, 0.25) is 0 Å². The van der Waals surface area contributed by atoms with E-state index in [0.717, 1.165) is 19.5 Å². The van der Waals surface area contributed by atoms with Crippen LogP contribution in [0.25, 0.3) is 0 Å². The summed E-state index contributed by atoms with van der Waals surface area (Å²) in [5.41, 5.74) is 8.50. The van der Waals surface area contributed by atoms with Crippen molar-refractivity contribution >= 4 is 11.4 Å². The molecule has 136 valence electrons. The van der Waals surface area contributed by atoms with Crippen LogP contribution in [-0.4, -0.2) is 29.7 Å². The molecule has 0 amide bonds. The van der Waals surface area contributed by atoms with Gasteiger partial charge in [-0.3, -0.25) is 0 Å². The highest BCUT2D eigenvalue weighted by atomic mass is 19.3. The van der Waals surface area contributed by atoms with Gasteiger partial charge in [0.25, 0.3) is 6.43 Å². The molecule has 0 aliphatic carbocycles. The zero-order valence-electron chi connectivity index (χ0n) is 13.9. The summed E-state index contributed by atoms with van der Waals surface area (Å²) in [7, 11) is 0. The normalized spacial score (nSPS) is 14.1. The van der Waals surface area contributed by atoms with Gasteiger partial charge in [-0.15, -0.1) is 0 Å². The molecule has 3 rings (SSSR count). The largest absolute Gasteiger partial charge is 0.457 e. The number of nitrogens with one attached hydrogen (secondary N) is 2. The molecule has 0 saturated carbocycles. The molecule has 1 saturated heterocycles. The highest BCUT2D eigenvalue weighted by molar-refractivity contribution is 5.63. The van der Waals surface area contributed by atoms with Crippen LogP contribution in [0, 0.1) is 5.53 Å². The molecular weight excluding hydrogens is 342 g/mol. The van der Waals surface area contributed by atoms with E-state index in [9.17, 15) is 8.78 Å². The van der Waals surface area contributed by atoms with Crippen molar-refractivity contribution in [3.8, 4) is 6.01 Å². The highest BCUT2D eigenvalue weighted by Crippen LogP contribution is 2.34. The summed E-state index contributed by atoms with van der Waals surface area (Å²) in [5, 5.41) is 6.24. The zero-order valence-corrected chi connectivity index (χ0v) is 13.9. The van der Waals surface area contributed by atoms with Crippen LogP contribution in [0.4, 0.5) is 20.2 Å². The number of hydrogen-bond acceptors (Lipinski definition) is 7. The van der Waals surface area contributed by atoms with Gasteiger partial charge in [0.1, 0.15) is 12.3 Å². The van der Waals surface area contributed by atoms with Crippen molar-refractivity contribution in [1.29, 1.82) is 5.53 Å². The molecule has 0 unspecified atom stereocenters. The van der Waals surface area contributed by atoms with E-state index in [-0.39, 0.29) is 23.9 Å². The van der Waals surface area contributed by atoms with E-state index in [1.165, 1.54) is 24.7 Å². The summed E-state index contributed by atoms with van der Waals surface area (Å²) in [6, 6.07) is 6.64. The number of alkyl halides is 2. The first-order valence-corrected chi connectivity index (χ1v) is 8.07. The molecular formula is C17H18F2N6O. The highest BCUT2D eigenvalue weighted by Gasteiger charge is 2.22. The van der Waals surface area contributed by atoms with Crippen molar-refractivity contribution in [3.05, 3.63) is 54.1 Å². The Kier molecular flexibility index (Phi) is 5.67. The minimum atomic E-state index is -2.56. The average molecular weight is 360 g/mol. The maximum absolute atomic E-state index is 13.3. The Balaban J connectivity index is 1.67. The van der Waals surface area contributed by atoms with Crippen LogP contribution in [0.3, 0.4) is 0 Å². The van der Waals surface area contributed by atoms with E-state index in [2.05, 4.69) is 20.4 Å². The molecule has 7 nitrogen and oxygen atoms in total. The molecule has 2 N–H and O–H groups in total. The smallest absolute Gasteiger partial charge is 0.316 e. The van der Waals surface area contributed by atoms with Crippen LogP contribution >= 0.6 is 0 Å². The Hall–Kier alpha value is -3.10. The van der Waals surface area contributed by atoms with Gasteiger partial charge < -0.3 is 15.0 Å². The molecule has 1 aromatic heterocycles. The predicted octanol–water partition coefficient (Wildman–Crippen LogP) is 3.99. The van der Waals surface area contributed by atoms with Gasteiger partial charge in [0.05, 0.1) is 0 Å². The second-order valence-corrected chi connectivity index (χ2v) is 5.63. The van der Waals surface area contributed by atoms with Gasteiger partial charge in [-0.1, -0.05) is 0 Å². The first-order valence-electron chi connectivity index (χ1n) is 8.07. The second kappa shape index (κ2) is 8.32. The molecule has 0 atom stereocenters. The first-order chi connectivity index (χ1) is 12.7. The predicted molar refractivity (Wildman–Crippen MR) is 92.6 cm³/mol. The summed E-state index contributed by atoms with van der Waals surface area (Å²) >= 11 is 0. The third-order valence-corrected chi connectivity index (χ3v) is 3.90. The number of ether oxygens (including phenoxy) is 1. The number of rotatable bonds is 8. The third-order valence-electron chi connectivity index (χ3n) is 3.90. The molecule has 1 aromatic carbocycles. The summed E-state index contributed by atoms with van der Waals surface area (Å²) < 4.78 is 32.0. The zero-order chi connectivity index (χ0) is 18.4. The molecule has 1 aliphatic heterocycles. The van der Waals surface area contributed by atoms with Gasteiger partial charge in [-0.05, 0) is 30.7 Å². The molecule has 0 bridgehead atoms. The fourth-order valence-corrected chi connectivity index (χ4v) is 2.44. The lowest BCUT2D eigenvalue weighted by Crippen LogP contribution is -2.37. The lowest BCUT2D eigenvalue weighted by molar-refractivity contribution is 0.151. The maximum Gasteiger partial charge on any atom is 0.316 e. The average Bonchev–Trinajstić information content (AvgIpc) is 2.62. The van der Waals surface area contributed by atoms with Crippen LogP contribution in [0.15, 0.2) is 53.7 Å². The lowest BCUT2D eigenvalue weighted by Gasteiger charge is -2.34. The topological polar surface area (TPSA) is 86.5 Å². The molecule has 1 aliphatic rings. The minimum Gasteiger partial charge on any atom is -0.457 e. The molecule has 1 fully saturated rings. The van der Waals surface area contributed by atoms with E-state index in [1.807, 2.05) is 4.90 Å². The Morgan fingerprint density at radius 2 is 2.12 bits per heavy atom. The summed E-state index contributed by atoms with van der Waals surface area (Å²) in [6.07, 6.45) is 2.96. The Bertz CT molecular complexity index is 780. The fraction of sp³-hybridized carbons (Fsp3) is 0.294. The summed E-state index contributed by atoms with van der Waals surface area (Å²) in [4.78, 5) is 9.73. The Morgan fingerprint density at radius 1 is 1.35 bits per heavy atom. The van der Waals surface area contributed by atoms with E-state index < -0.39 is 6.43 Å². The monoisotopic (exact) mass is 360 g/mol. The van der Waals surface area contributed by atoms with Gasteiger partial charge >= 0.3 is 6.01 Å². The van der Waals surface area contributed by atoms with Gasteiger partial charge in [0.15, 0.2) is 0 Å². The number of anilines is 2. The SMILES string of the molecule is N=N/C(=C\Nc1ccc(N2CCC2)c(C(F)F)c1)COc1ncccn1.